The molecule has 4 heterocycles. The minimum absolute atomic E-state index is 0.604. The first-order valence-electron chi connectivity index (χ1n) is 9.08. The zero-order valence-electron chi connectivity index (χ0n) is 16.4. The number of aryl methyl sites for hydroxylation is 2. The van der Waals surface area contributed by atoms with Crippen LogP contribution in [-0.4, -0.2) is 34.5 Å². The highest BCUT2D eigenvalue weighted by atomic mass is 15.3. The summed E-state index contributed by atoms with van der Waals surface area (Å²) >= 11 is 0. The van der Waals surface area contributed by atoms with Crippen LogP contribution in [0.5, 0.6) is 0 Å². The van der Waals surface area contributed by atoms with Crippen LogP contribution in [0.15, 0.2) is 30.7 Å². The van der Waals surface area contributed by atoms with E-state index in [9.17, 15) is 0 Å². The molecule has 4 aromatic heterocycles. The van der Waals surface area contributed by atoms with E-state index in [1.54, 1.807) is 6.20 Å². The monoisotopic (exact) mass is 377 g/mol. The van der Waals surface area contributed by atoms with E-state index in [0.717, 1.165) is 28.0 Å². The summed E-state index contributed by atoms with van der Waals surface area (Å²) in [5.41, 5.74) is 5.81. The summed E-state index contributed by atoms with van der Waals surface area (Å²) in [6, 6.07) is 3.77. The number of hydrogen-bond donors (Lipinski definition) is 2. The molecule has 144 valence electrons. The van der Waals surface area contributed by atoms with E-state index >= 15 is 0 Å². The first-order chi connectivity index (χ1) is 13.5. The third-order valence-corrected chi connectivity index (χ3v) is 5.01. The Labute approximate surface area is 162 Å². The molecule has 0 spiro atoms. The molecule has 0 aliphatic rings. The molecule has 0 saturated heterocycles. The molecule has 0 radical (unpaired) electrons. The fraction of sp³-hybridized carbons (Fsp3) is 0.316. The molecule has 0 fully saturated rings. The third kappa shape index (κ3) is 3.38. The Bertz CT molecular complexity index is 1040. The van der Waals surface area contributed by atoms with E-state index < -0.39 is 0 Å². The summed E-state index contributed by atoms with van der Waals surface area (Å²) in [5, 5.41) is 15.4. The predicted molar refractivity (Wildman–Crippen MR) is 108 cm³/mol. The van der Waals surface area contributed by atoms with Gasteiger partial charge in [0, 0.05) is 55.9 Å². The highest BCUT2D eigenvalue weighted by molar-refractivity contribution is 5.76. The fourth-order valence-corrected chi connectivity index (χ4v) is 2.93. The van der Waals surface area contributed by atoms with Gasteiger partial charge >= 0.3 is 0 Å². The van der Waals surface area contributed by atoms with Gasteiger partial charge in [-0.25, -0.2) is 15.0 Å². The minimum atomic E-state index is 0.604. The summed E-state index contributed by atoms with van der Waals surface area (Å²) in [7, 11) is 3.87. The molecule has 0 aromatic carbocycles. The Morgan fingerprint density at radius 1 is 0.857 bits per heavy atom. The molecule has 2 N–H and O–H groups in total. The number of nitrogens with zero attached hydrogens (tertiary/aromatic N) is 7. The first kappa shape index (κ1) is 17.9. The lowest BCUT2D eigenvalue weighted by molar-refractivity contribution is 0.738. The van der Waals surface area contributed by atoms with Gasteiger partial charge in [-0.2, -0.15) is 10.2 Å². The molecule has 4 aromatic rings. The number of hydrogen-bond acceptors (Lipinski definition) is 7. The van der Waals surface area contributed by atoms with E-state index in [1.165, 1.54) is 0 Å². The van der Waals surface area contributed by atoms with Crippen LogP contribution in [0.3, 0.4) is 0 Å². The Hall–Kier alpha value is -3.49. The van der Waals surface area contributed by atoms with Crippen molar-refractivity contribution in [1.82, 2.24) is 34.5 Å². The van der Waals surface area contributed by atoms with Crippen LogP contribution >= 0.6 is 0 Å². The van der Waals surface area contributed by atoms with Gasteiger partial charge in [-0.3, -0.25) is 9.36 Å². The van der Waals surface area contributed by atoms with Crippen LogP contribution in [0.4, 0.5) is 11.6 Å². The summed E-state index contributed by atoms with van der Waals surface area (Å²) in [6.07, 6.45) is 5.45. The van der Waals surface area contributed by atoms with Crippen LogP contribution in [0, 0.1) is 13.8 Å². The molecule has 9 nitrogen and oxygen atoms in total. The van der Waals surface area contributed by atoms with Crippen molar-refractivity contribution in [1.29, 1.82) is 0 Å². The highest BCUT2D eigenvalue weighted by Gasteiger charge is 2.12. The summed E-state index contributed by atoms with van der Waals surface area (Å²) < 4.78 is 3.71. The van der Waals surface area contributed by atoms with Gasteiger partial charge in [0.2, 0.25) is 0 Å². The van der Waals surface area contributed by atoms with Crippen molar-refractivity contribution in [3.63, 3.8) is 0 Å². The molecular weight excluding hydrogens is 354 g/mol. The second-order valence-corrected chi connectivity index (χ2v) is 6.73. The van der Waals surface area contributed by atoms with Crippen LogP contribution in [0.2, 0.25) is 0 Å². The van der Waals surface area contributed by atoms with Crippen molar-refractivity contribution in [3.8, 4) is 0 Å². The van der Waals surface area contributed by atoms with Crippen molar-refractivity contribution in [2.45, 2.75) is 26.9 Å². The van der Waals surface area contributed by atoms with E-state index in [4.69, 9.17) is 4.98 Å². The number of anilines is 2. The predicted octanol–water partition coefficient (Wildman–Crippen LogP) is 2.33. The maximum Gasteiger partial charge on any atom is 0.180 e. The second kappa shape index (κ2) is 7.26. The van der Waals surface area contributed by atoms with Crippen molar-refractivity contribution in [2.75, 3.05) is 10.6 Å². The van der Waals surface area contributed by atoms with Crippen LogP contribution in [0.1, 0.15) is 22.5 Å². The average molecular weight is 377 g/mol. The lowest BCUT2D eigenvalue weighted by Crippen LogP contribution is -2.10. The maximum absolute atomic E-state index is 4.72. The van der Waals surface area contributed by atoms with E-state index in [0.29, 0.717) is 30.4 Å². The van der Waals surface area contributed by atoms with Gasteiger partial charge in [0.25, 0.3) is 0 Å². The van der Waals surface area contributed by atoms with Crippen molar-refractivity contribution in [2.24, 2.45) is 14.1 Å². The molecule has 0 saturated carbocycles. The van der Waals surface area contributed by atoms with Crippen molar-refractivity contribution in [3.05, 3.63) is 53.2 Å². The Kier molecular flexibility index (Phi) is 4.64. The number of nitrogens with one attached hydrogen (secondary N) is 2. The summed E-state index contributed by atoms with van der Waals surface area (Å²) in [6.45, 7) is 5.31. The lowest BCUT2D eigenvalue weighted by atomic mass is 10.2. The Morgan fingerprint density at radius 2 is 1.43 bits per heavy atom. The standard InChI is InChI=1S/C19H23N9/c1-12-14(10-23-27(12)3)8-21-18-19(22-9-15-11-24-28(4)13(15)2)26-17-16(25-18)6-5-7-20-17/h5-7,10-11H,8-9H2,1-4H3,(H,21,25)(H,20,22,26). The smallest absolute Gasteiger partial charge is 0.180 e. The van der Waals surface area contributed by atoms with Gasteiger partial charge in [0.1, 0.15) is 5.52 Å². The van der Waals surface area contributed by atoms with E-state index in [2.05, 4.69) is 30.8 Å². The van der Waals surface area contributed by atoms with Crippen LogP contribution < -0.4 is 10.6 Å². The normalized spacial score (nSPS) is 11.1. The Balaban J connectivity index is 1.62. The van der Waals surface area contributed by atoms with Gasteiger partial charge in [-0.1, -0.05) is 0 Å². The van der Waals surface area contributed by atoms with Gasteiger partial charge in [-0.15, -0.1) is 0 Å². The van der Waals surface area contributed by atoms with E-state index in [-0.39, 0.29) is 0 Å². The number of rotatable bonds is 6. The van der Waals surface area contributed by atoms with Crippen molar-refractivity contribution < 1.29 is 0 Å². The molecule has 28 heavy (non-hydrogen) atoms. The Morgan fingerprint density at radius 3 is 1.96 bits per heavy atom. The number of aromatic nitrogens is 7. The fourth-order valence-electron chi connectivity index (χ4n) is 2.93. The average Bonchev–Trinajstić information content (AvgIpc) is 3.20. The molecule has 0 aliphatic carbocycles. The number of fused-ring (bicyclic) bond motifs is 1. The molecule has 0 aliphatic heterocycles. The zero-order valence-corrected chi connectivity index (χ0v) is 16.4. The SMILES string of the molecule is Cc1c(CNc2nc3cccnc3nc2NCc2cnn(C)c2C)cnn1C. The molecule has 4 rings (SSSR count). The van der Waals surface area contributed by atoms with E-state index in [1.807, 2.05) is 61.8 Å². The van der Waals surface area contributed by atoms with Gasteiger partial charge in [-0.05, 0) is 26.0 Å². The summed E-state index contributed by atoms with van der Waals surface area (Å²) in [5.74, 6) is 1.35. The molecule has 0 atom stereocenters. The van der Waals surface area contributed by atoms with Crippen molar-refractivity contribution >= 4 is 22.8 Å². The number of pyridine rings is 1. The quantitative estimate of drug-likeness (QED) is 0.532. The van der Waals surface area contributed by atoms with Crippen LogP contribution in [-0.2, 0) is 27.2 Å². The van der Waals surface area contributed by atoms with Gasteiger partial charge in [0.15, 0.2) is 17.3 Å². The highest BCUT2D eigenvalue weighted by Crippen LogP contribution is 2.22. The van der Waals surface area contributed by atoms with Gasteiger partial charge in [0.05, 0.1) is 12.4 Å². The molecule has 0 bridgehead atoms. The largest absolute Gasteiger partial charge is 0.363 e. The first-order valence-corrected chi connectivity index (χ1v) is 9.08. The second-order valence-electron chi connectivity index (χ2n) is 6.73. The molecule has 0 amide bonds. The third-order valence-electron chi connectivity index (χ3n) is 5.01. The van der Waals surface area contributed by atoms with Gasteiger partial charge < -0.3 is 10.6 Å². The maximum atomic E-state index is 4.72. The minimum Gasteiger partial charge on any atom is -0.363 e. The van der Waals surface area contributed by atoms with Crippen LogP contribution in [0.25, 0.3) is 11.2 Å². The molecule has 9 heteroatoms. The molecule has 0 unspecified atom stereocenters. The molecular formula is C19H23N9. The summed E-state index contributed by atoms with van der Waals surface area (Å²) in [4.78, 5) is 13.7. The zero-order chi connectivity index (χ0) is 19.7. The lowest BCUT2D eigenvalue weighted by Gasteiger charge is -2.13. The topological polar surface area (TPSA) is 98.4 Å².